The zero-order valence-corrected chi connectivity index (χ0v) is 15.7. The van der Waals surface area contributed by atoms with Crippen molar-refractivity contribution < 1.29 is 4.74 Å². The first-order valence-corrected chi connectivity index (χ1v) is 10.4. The molecule has 6 rings (SSSR count). The van der Waals surface area contributed by atoms with Crippen molar-refractivity contribution in [2.75, 3.05) is 13.1 Å². The first-order chi connectivity index (χ1) is 13.3. The van der Waals surface area contributed by atoms with Gasteiger partial charge in [0, 0.05) is 50.1 Å². The number of nitrogens with zero attached hydrogens (tertiary/aromatic N) is 1. The fourth-order valence-electron chi connectivity index (χ4n) is 5.17. The number of fused-ring (bicyclic) bond motifs is 2. The molecule has 0 bridgehead atoms. The van der Waals surface area contributed by atoms with E-state index in [4.69, 9.17) is 4.74 Å². The normalized spacial score (nSPS) is 21.9. The predicted octanol–water partition coefficient (Wildman–Crippen LogP) is 5.16. The van der Waals surface area contributed by atoms with Crippen molar-refractivity contribution >= 4 is 10.9 Å². The predicted molar refractivity (Wildman–Crippen MR) is 109 cm³/mol. The van der Waals surface area contributed by atoms with Crippen LogP contribution in [0.15, 0.2) is 48.7 Å². The van der Waals surface area contributed by atoms with Gasteiger partial charge in [-0.1, -0.05) is 18.6 Å². The number of hydrogen-bond acceptors (Lipinski definition) is 2. The monoisotopic (exact) mass is 358 g/mol. The molecule has 0 radical (unpaired) electrons. The van der Waals surface area contributed by atoms with Crippen LogP contribution in [0.3, 0.4) is 0 Å². The standard InChI is InChI=1S/C24H26N2O/c1-2-21(3-1)26-12-9-24(10-13-26)16-20-15-18(5-7-23(20)27-24)17-4-6-22-19(14-17)8-11-25-22/h4-8,11,14-15,21,25H,1-3,9-10,12-13,16H2. The summed E-state index contributed by atoms with van der Waals surface area (Å²) in [5, 5.41) is 1.27. The van der Waals surface area contributed by atoms with Gasteiger partial charge in [-0.3, -0.25) is 0 Å². The average Bonchev–Trinajstić information content (AvgIpc) is 3.25. The van der Waals surface area contributed by atoms with Crippen LogP contribution in [0.4, 0.5) is 0 Å². The molecule has 0 atom stereocenters. The van der Waals surface area contributed by atoms with E-state index in [1.807, 2.05) is 6.20 Å². The van der Waals surface area contributed by atoms with Crippen LogP contribution in [-0.4, -0.2) is 34.6 Å². The van der Waals surface area contributed by atoms with Gasteiger partial charge in [-0.15, -0.1) is 0 Å². The van der Waals surface area contributed by atoms with E-state index in [9.17, 15) is 0 Å². The van der Waals surface area contributed by atoms with Gasteiger partial charge in [0.1, 0.15) is 11.4 Å². The highest BCUT2D eigenvalue weighted by Gasteiger charge is 2.43. The molecular weight excluding hydrogens is 332 g/mol. The molecule has 1 N–H and O–H groups in total. The van der Waals surface area contributed by atoms with Gasteiger partial charge >= 0.3 is 0 Å². The minimum absolute atomic E-state index is 0.0474. The molecular formula is C24H26N2O. The Kier molecular flexibility index (Phi) is 3.43. The zero-order chi connectivity index (χ0) is 17.8. The van der Waals surface area contributed by atoms with Crippen molar-refractivity contribution in [2.45, 2.75) is 50.2 Å². The van der Waals surface area contributed by atoms with Crippen molar-refractivity contribution in [3.05, 3.63) is 54.2 Å². The van der Waals surface area contributed by atoms with Crippen LogP contribution in [-0.2, 0) is 6.42 Å². The number of aromatic nitrogens is 1. The summed E-state index contributed by atoms with van der Waals surface area (Å²) in [6, 6.07) is 16.4. The summed E-state index contributed by atoms with van der Waals surface area (Å²) in [5.74, 6) is 1.11. The molecule has 1 aliphatic carbocycles. The summed E-state index contributed by atoms with van der Waals surface area (Å²) < 4.78 is 6.53. The number of likely N-dealkylation sites (tertiary alicyclic amines) is 1. The van der Waals surface area contributed by atoms with E-state index in [0.717, 1.165) is 18.2 Å². The maximum Gasteiger partial charge on any atom is 0.123 e. The Balaban J connectivity index is 1.24. The Labute approximate surface area is 160 Å². The van der Waals surface area contributed by atoms with Gasteiger partial charge in [0.2, 0.25) is 0 Å². The molecule has 2 aliphatic heterocycles. The topological polar surface area (TPSA) is 28.3 Å². The molecule has 3 aliphatic rings. The van der Waals surface area contributed by atoms with Crippen LogP contribution in [0.25, 0.3) is 22.0 Å². The highest BCUT2D eigenvalue weighted by molar-refractivity contribution is 5.85. The summed E-state index contributed by atoms with van der Waals surface area (Å²) in [6.07, 6.45) is 9.65. The van der Waals surface area contributed by atoms with Crippen LogP contribution >= 0.6 is 0 Å². The van der Waals surface area contributed by atoms with Crippen LogP contribution in [0.2, 0.25) is 0 Å². The van der Waals surface area contributed by atoms with Crippen molar-refractivity contribution in [2.24, 2.45) is 0 Å². The molecule has 138 valence electrons. The number of ether oxygens (including phenoxy) is 1. The second kappa shape index (κ2) is 5.87. The van der Waals surface area contributed by atoms with Gasteiger partial charge in [-0.2, -0.15) is 0 Å². The maximum absolute atomic E-state index is 6.53. The molecule has 1 saturated carbocycles. The Morgan fingerprint density at radius 1 is 0.963 bits per heavy atom. The quantitative estimate of drug-likeness (QED) is 0.685. The SMILES string of the molecule is c1cc2cc(-c3ccc4c(c3)CC3(CCN(C5CCC5)CC3)O4)ccc2[nH]1. The first-order valence-electron chi connectivity index (χ1n) is 10.4. The largest absolute Gasteiger partial charge is 0.487 e. The third-order valence-corrected chi connectivity index (χ3v) is 7.09. The minimum Gasteiger partial charge on any atom is -0.487 e. The zero-order valence-electron chi connectivity index (χ0n) is 15.7. The molecule has 0 unspecified atom stereocenters. The molecule has 3 nitrogen and oxygen atoms in total. The van der Waals surface area contributed by atoms with Crippen molar-refractivity contribution in [3.8, 4) is 16.9 Å². The molecule has 1 saturated heterocycles. The first kappa shape index (κ1) is 15.8. The van der Waals surface area contributed by atoms with E-state index in [2.05, 4.69) is 52.3 Å². The molecule has 2 fully saturated rings. The second-order valence-electron chi connectivity index (χ2n) is 8.68. The van der Waals surface area contributed by atoms with E-state index in [-0.39, 0.29) is 5.60 Å². The molecule has 3 aromatic rings. The summed E-state index contributed by atoms with van der Waals surface area (Å²) in [6.45, 7) is 2.41. The van der Waals surface area contributed by atoms with E-state index in [1.54, 1.807) is 0 Å². The minimum atomic E-state index is 0.0474. The summed E-state index contributed by atoms with van der Waals surface area (Å²) in [5.41, 5.74) is 5.21. The van der Waals surface area contributed by atoms with Crippen molar-refractivity contribution in [1.29, 1.82) is 0 Å². The molecule has 3 heteroatoms. The number of rotatable bonds is 2. The highest BCUT2D eigenvalue weighted by atomic mass is 16.5. The fourth-order valence-corrected chi connectivity index (χ4v) is 5.17. The molecule has 3 heterocycles. The van der Waals surface area contributed by atoms with Gasteiger partial charge < -0.3 is 14.6 Å². The lowest BCUT2D eigenvalue weighted by molar-refractivity contribution is -0.00746. The Morgan fingerprint density at radius 2 is 1.78 bits per heavy atom. The van der Waals surface area contributed by atoms with Gasteiger partial charge in [0.15, 0.2) is 0 Å². The summed E-state index contributed by atoms with van der Waals surface area (Å²) in [4.78, 5) is 5.98. The summed E-state index contributed by atoms with van der Waals surface area (Å²) >= 11 is 0. The average molecular weight is 358 g/mol. The lowest BCUT2D eigenvalue weighted by atomic mass is 9.83. The maximum atomic E-state index is 6.53. The smallest absolute Gasteiger partial charge is 0.123 e. The Morgan fingerprint density at radius 3 is 2.59 bits per heavy atom. The van der Waals surface area contributed by atoms with E-state index < -0.39 is 0 Å². The third-order valence-electron chi connectivity index (χ3n) is 7.09. The Bertz CT molecular complexity index is 993. The molecule has 1 spiro atoms. The number of H-pyrrole nitrogens is 1. The third kappa shape index (κ3) is 2.60. The van der Waals surface area contributed by atoms with Gasteiger partial charge in [0.25, 0.3) is 0 Å². The lowest BCUT2D eigenvalue weighted by Crippen LogP contribution is -2.52. The van der Waals surface area contributed by atoms with E-state index in [1.165, 1.54) is 72.8 Å². The molecule has 2 aromatic carbocycles. The second-order valence-corrected chi connectivity index (χ2v) is 8.68. The van der Waals surface area contributed by atoms with Crippen LogP contribution in [0.1, 0.15) is 37.7 Å². The number of hydrogen-bond donors (Lipinski definition) is 1. The van der Waals surface area contributed by atoms with Crippen LogP contribution < -0.4 is 4.74 Å². The lowest BCUT2D eigenvalue weighted by Gasteiger charge is -2.45. The number of piperidine rings is 1. The fraction of sp³-hybridized carbons (Fsp3) is 0.417. The molecule has 0 amide bonds. The molecule has 27 heavy (non-hydrogen) atoms. The van der Waals surface area contributed by atoms with E-state index in [0.29, 0.717) is 0 Å². The van der Waals surface area contributed by atoms with Gasteiger partial charge in [-0.25, -0.2) is 0 Å². The van der Waals surface area contributed by atoms with Crippen LogP contribution in [0.5, 0.6) is 5.75 Å². The van der Waals surface area contributed by atoms with Gasteiger partial charge in [0.05, 0.1) is 0 Å². The van der Waals surface area contributed by atoms with Gasteiger partial charge in [-0.05, 0) is 65.3 Å². The van der Waals surface area contributed by atoms with Crippen molar-refractivity contribution in [3.63, 3.8) is 0 Å². The number of nitrogens with one attached hydrogen (secondary N) is 1. The number of benzene rings is 2. The Hall–Kier alpha value is -2.26. The van der Waals surface area contributed by atoms with Crippen molar-refractivity contribution in [1.82, 2.24) is 9.88 Å². The number of aromatic amines is 1. The van der Waals surface area contributed by atoms with Crippen LogP contribution in [0, 0.1) is 0 Å². The molecule has 1 aromatic heterocycles. The van der Waals surface area contributed by atoms with E-state index >= 15 is 0 Å². The summed E-state index contributed by atoms with van der Waals surface area (Å²) in [7, 11) is 0. The highest BCUT2D eigenvalue weighted by Crippen LogP contribution is 2.43.